The van der Waals surface area contributed by atoms with E-state index in [9.17, 15) is 13.6 Å². The number of carbonyl (C=O) groups is 1. The third kappa shape index (κ3) is 3.03. The van der Waals surface area contributed by atoms with Crippen molar-refractivity contribution in [3.05, 3.63) is 29.3 Å². The van der Waals surface area contributed by atoms with E-state index in [0.717, 1.165) is 5.56 Å². The molecule has 104 valence electrons. The lowest BCUT2D eigenvalue weighted by Crippen LogP contribution is -2.35. The summed E-state index contributed by atoms with van der Waals surface area (Å²) in [6.45, 7) is 5.85. The van der Waals surface area contributed by atoms with Gasteiger partial charge in [-0.3, -0.25) is 4.90 Å². The number of nitrogens with zero attached hydrogens (tertiary/aromatic N) is 1. The van der Waals surface area contributed by atoms with E-state index in [4.69, 9.17) is 4.74 Å². The number of fused-ring (bicyclic) bond motifs is 1. The van der Waals surface area contributed by atoms with E-state index in [2.05, 4.69) is 0 Å². The van der Waals surface area contributed by atoms with Crippen molar-refractivity contribution in [2.45, 2.75) is 39.2 Å². The van der Waals surface area contributed by atoms with Gasteiger partial charge in [0.05, 0.1) is 5.69 Å². The number of hydrogen-bond donors (Lipinski definition) is 0. The van der Waals surface area contributed by atoms with Crippen LogP contribution in [0.3, 0.4) is 0 Å². The van der Waals surface area contributed by atoms with Crippen LogP contribution in [0.15, 0.2) is 18.2 Å². The number of ether oxygens (including phenoxy) is 1. The van der Waals surface area contributed by atoms with Gasteiger partial charge in [-0.25, -0.2) is 13.6 Å². The van der Waals surface area contributed by atoms with Gasteiger partial charge in [-0.1, -0.05) is 6.07 Å². The highest BCUT2D eigenvalue weighted by Gasteiger charge is 2.29. The van der Waals surface area contributed by atoms with Gasteiger partial charge in [-0.15, -0.1) is 0 Å². The summed E-state index contributed by atoms with van der Waals surface area (Å²) in [5.74, 6) is 0. The fourth-order valence-electron chi connectivity index (χ4n) is 2.06. The molecule has 2 rings (SSSR count). The molecule has 0 spiro atoms. The molecule has 1 aromatic carbocycles. The molecule has 1 aliphatic rings. The van der Waals surface area contributed by atoms with Gasteiger partial charge in [-0.05, 0) is 44.9 Å². The van der Waals surface area contributed by atoms with Gasteiger partial charge in [0.25, 0.3) is 6.43 Å². The van der Waals surface area contributed by atoms with E-state index in [1.807, 2.05) is 0 Å². The molecule has 0 unspecified atom stereocenters. The molecule has 19 heavy (non-hydrogen) atoms. The lowest BCUT2D eigenvalue weighted by molar-refractivity contribution is 0.0584. The lowest BCUT2D eigenvalue weighted by Gasteiger charge is -2.24. The molecule has 5 heteroatoms. The normalized spacial score (nSPS) is 14.7. The minimum Gasteiger partial charge on any atom is -0.443 e. The molecule has 0 radical (unpaired) electrons. The zero-order valence-corrected chi connectivity index (χ0v) is 11.2. The van der Waals surface area contributed by atoms with Crippen LogP contribution in [0.5, 0.6) is 0 Å². The van der Waals surface area contributed by atoms with Gasteiger partial charge in [0.1, 0.15) is 5.60 Å². The van der Waals surface area contributed by atoms with Crippen LogP contribution in [-0.4, -0.2) is 18.2 Å². The maximum Gasteiger partial charge on any atom is 0.414 e. The Morgan fingerprint density at radius 2 is 2.05 bits per heavy atom. The number of halogens is 2. The second-order valence-corrected chi connectivity index (χ2v) is 5.57. The molecule has 0 saturated heterocycles. The van der Waals surface area contributed by atoms with Crippen LogP contribution in [-0.2, 0) is 11.2 Å². The van der Waals surface area contributed by atoms with Crippen molar-refractivity contribution in [2.75, 3.05) is 11.4 Å². The van der Waals surface area contributed by atoms with Crippen molar-refractivity contribution in [1.82, 2.24) is 0 Å². The SMILES string of the molecule is CC(C)(C)OC(=O)N1CCc2cc(C(F)F)ccc21. The highest BCUT2D eigenvalue weighted by Crippen LogP contribution is 2.32. The Hall–Kier alpha value is -1.65. The molecule has 0 fully saturated rings. The number of carbonyl (C=O) groups excluding carboxylic acids is 1. The Morgan fingerprint density at radius 3 is 2.63 bits per heavy atom. The summed E-state index contributed by atoms with van der Waals surface area (Å²) in [6, 6.07) is 4.38. The molecule has 1 aromatic rings. The van der Waals surface area contributed by atoms with Crippen molar-refractivity contribution >= 4 is 11.8 Å². The summed E-state index contributed by atoms with van der Waals surface area (Å²) in [6.07, 6.45) is -2.34. The molecule has 0 bridgehead atoms. The monoisotopic (exact) mass is 269 g/mol. The van der Waals surface area contributed by atoms with Gasteiger partial charge >= 0.3 is 6.09 Å². The van der Waals surface area contributed by atoms with Gasteiger partial charge in [-0.2, -0.15) is 0 Å². The minimum atomic E-state index is -2.49. The summed E-state index contributed by atoms with van der Waals surface area (Å²) in [5.41, 5.74) is 0.857. The molecule has 0 atom stereocenters. The minimum absolute atomic E-state index is 0.00945. The van der Waals surface area contributed by atoms with Crippen LogP contribution in [0.2, 0.25) is 0 Å². The van der Waals surface area contributed by atoms with Crippen LogP contribution >= 0.6 is 0 Å². The highest BCUT2D eigenvalue weighted by molar-refractivity contribution is 5.90. The van der Waals surface area contributed by atoms with Crippen LogP contribution < -0.4 is 4.90 Å². The maximum absolute atomic E-state index is 12.6. The van der Waals surface area contributed by atoms with E-state index in [-0.39, 0.29) is 5.56 Å². The largest absolute Gasteiger partial charge is 0.443 e. The molecule has 0 aromatic heterocycles. The first kappa shape index (κ1) is 13.8. The summed E-state index contributed by atoms with van der Waals surface area (Å²) >= 11 is 0. The topological polar surface area (TPSA) is 29.5 Å². The summed E-state index contributed by atoms with van der Waals surface area (Å²) in [7, 11) is 0. The van der Waals surface area contributed by atoms with Crippen LogP contribution in [0.4, 0.5) is 19.3 Å². The standard InChI is InChI=1S/C14H17F2NO2/c1-14(2,3)19-13(18)17-7-6-9-8-10(12(15)16)4-5-11(9)17/h4-5,8,12H,6-7H2,1-3H3. The van der Waals surface area contributed by atoms with Crippen molar-refractivity contribution in [1.29, 1.82) is 0 Å². The smallest absolute Gasteiger partial charge is 0.414 e. The fraction of sp³-hybridized carbons (Fsp3) is 0.500. The molecule has 1 heterocycles. The second-order valence-electron chi connectivity index (χ2n) is 5.57. The molecular weight excluding hydrogens is 252 g/mol. The summed E-state index contributed by atoms with van der Waals surface area (Å²) in [5, 5.41) is 0. The van der Waals surface area contributed by atoms with E-state index in [0.29, 0.717) is 18.7 Å². The zero-order chi connectivity index (χ0) is 14.2. The van der Waals surface area contributed by atoms with Crippen LogP contribution in [0, 0.1) is 0 Å². The highest BCUT2D eigenvalue weighted by atomic mass is 19.3. The Balaban J connectivity index is 2.21. The number of hydrogen-bond acceptors (Lipinski definition) is 2. The first-order valence-corrected chi connectivity index (χ1v) is 6.19. The summed E-state index contributed by atoms with van der Waals surface area (Å²) in [4.78, 5) is 13.5. The number of benzene rings is 1. The van der Waals surface area contributed by atoms with Crippen molar-refractivity contribution in [3.63, 3.8) is 0 Å². The molecular formula is C14H17F2NO2. The third-order valence-corrected chi connectivity index (χ3v) is 2.86. The second kappa shape index (κ2) is 4.79. The van der Waals surface area contributed by atoms with E-state index in [1.165, 1.54) is 17.0 Å². The van der Waals surface area contributed by atoms with Gasteiger partial charge in [0.2, 0.25) is 0 Å². The Morgan fingerprint density at radius 1 is 1.37 bits per heavy atom. The van der Waals surface area contributed by atoms with E-state index in [1.54, 1.807) is 26.8 Å². The molecule has 0 aliphatic carbocycles. The van der Waals surface area contributed by atoms with Crippen molar-refractivity contribution in [3.8, 4) is 0 Å². The Kier molecular flexibility index (Phi) is 3.47. The number of alkyl halides is 2. The van der Waals surface area contributed by atoms with Gasteiger partial charge in [0, 0.05) is 12.1 Å². The number of anilines is 1. The van der Waals surface area contributed by atoms with Crippen molar-refractivity contribution in [2.24, 2.45) is 0 Å². The average molecular weight is 269 g/mol. The van der Waals surface area contributed by atoms with E-state index >= 15 is 0 Å². The molecule has 3 nitrogen and oxygen atoms in total. The van der Waals surface area contributed by atoms with Gasteiger partial charge < -0.3 is 4.74 Å². The van der Waals surface area contributed by atoms with Gasteiger partial charge in [0.15, 0.2) is 0 Å². The third-order valence-electron chi connectivity index (χ3n) is 2.86. The quantitative estimate of drug-likeness (QED) is 0.773. The summed E-state index contributed by atoms with van der Waals surface area (Å²) < 4.78 is 30.5. The molecule has 0 saturated carbocycles. The van der Waals surface area contributed by atoms with Crippen LogP contribution in [0.25, 0.3) is 0 Å². The average Bonchev–Trinajstić information content (AvgIpc) is 2.68. The molecule has 0 N–H and O–H groups in total. The number of amides is 1. The number of rotatable bonds is 1. The Labute approximate surface area is 111 Å². The Bertz CT molecular complexity index is 495. The predicted octanol–water partition coefficient (Wildman–Crippen LogP) is 3.92. The van der Waals surface area contributed by atoms with Crippen molar-refractivity contribution < 1.29 is 18.3 Å². The lowest BCUT2D eigenvalue weighted by atomic mass is 10.1. The van der Waals surface area contributed by atoms with E-state index < -0.39 is 18.1 Å². The maximum atomic E-state index is 12.6. The zero-order valence-electron chi connectivity index (χ0n) is 11.2. The molecule has 1 amide bonds. The fourth-order valence-corrected chi connectivity index (χ4v) is 2.06. The first-order valence-electron chi connectivity index (χ1n) is 6.19. The molecule has 1 aliphatic heterocycles. The first-order chi connectivity index (χ1) is 8.78. The van der Waals surface area contributed by atoms with Crippen LogP contribution in [0.1, 0.15) is 38.3 Å². The predicted molar refractivity (Wildman–Crippen MR) is 68.7 cm³/mol.